The van der Waals surface area contributed by atoms with E-state index in [1.54, 1.807) is 12.1 Å². The number of carbonyl (C=O) groups is 3. The number of fused-ring (bicyclic) bond motifs is 1. The molecule has 0 aromatic heterocycles. The lowest BCUT2D eigenvalue weighted by Gasteiger charge is -2.17. The molecule has 18 heavy (non-hydrogen) atoms. The highest BCUT2D eigenvalue weighted by atomic mass is 16.2. The molecule has 0 fully saturated rings. The van der Waals surface area contributed by atoms with Crippen LogP contribution in [0, 0.1) is 0 Å². The van der Waals surface area contributed by atoms with Crippen molar-refractivity contribution in [3.05, 3.63) is 23.8 Å². The van der Waals surface area contributed by atoms with Gasteiger partial charge in [-0.2, -0.15) is 0 Å². The molecule has 94 valence electrons. The van der Waals surface area contributed by atoms with Gasteiger partial charge < -0.3 is 10.6 Å². The quantitative estimate of drug-likeness (QED) is 0.793. The second-order valence-electron chi connectivity index (χ2n) is 4.35. The van der Waals surface area contributed by atoms with Crippen molar-refractivity contribution in [2.75, 3.05) is 10.6 Å². The number of amides is 2. The highest BCUT2D eigenvalue weighted by Crippen LogP contribution is 2.25. The van der Waals surface area contributed by atoms with Gasteiger partial charge in [0, 0.05) is 17.8 Å². The number of hydrogen-bond donors (Lipinski definition) is 2. The molecule has 0 atom stereocenters. The van der Waals surface area contributed by atoms with Crippen LogP contribution in [0.4, 0.5) is 11.4 Å². The lowest BCUT2D eigenvalue weighted by molar-refractivity contribution is -0.124. The van der Waals surface area contributed by atoms with E-state index in [0.29, 0.717) is 18.5 Å². The van der Waals surface area contributed by atoms with E-state index in [2.05, 4.69) is 10.6 Å². The average Bonchev–Trinajstić information content (AvgIpc) is 2.28. The summed E-state index contributed by atoms with van der Waals surface area (Å²) in [6, 6.07) is 5.30. The smallest absolute Gasteiger partial charge is 0.231 e. The Morgan fingerprint density at radius 1 is 1.33 bits per heavy atom. The van der Waals surface area contributed by atoms with Gasteiger partial charge in [0.25, 0.3) is 0 Å². The average molecular weight is 246 g/mol. The number of rotatable bonds is 3. The summed E-state index contributed by atoms with van der Waals surface area (Å²) in [4.78, 5) is 33.4. The van der Waals surface area contributed by atoms with Crippen LogP contribution >= 0.6 is 0 Å². The Morgan fingerprint density at radius 2 is 2.11 bits per heavy atom. The summed E-state index contributed by atoms with van der Waals surface area (Å²) < 4.78 is 0. The van der Waals surface area contributed by atoms with Crippen LogP contribution in [0.1, 0.15) is 25.3 Å². The van der Waals surface area contributed by atoms with E-state index >= 15 is 0 Å². The van der Waals surface area contributed by atoms with Crippen LogP contribution in [0.25, 0.3) is 0 Å². The molecular formula is C13H14N2O3. The van der Waals surface area contributed by atoms with E-state index in [0.717, 1.165) is 11.3 Å². The molecule has 1 aromatic rings. The zero-order valence-electron chi connectivity index (χ0n) is 10.1. The highest BCUT2D eigenvalue weighted by molar-refractivity contribution is 6.03. The van der Waals surface area contributed by atoms with Gasteiger partial charge in [0.1, 0.15) is 5.78 Å². The van der Waals surface area contributed by atoms with Gasteiger partial charge in [-0.05, 0) is 37.1 Å². The van der Waals surface area contributed by atoms with Crippen LogP contribution in [-0.4, -0.2) is 17.6 Å². The van der Waals surface area contributed by atoms with Crippen molar-refractivity contribution in [1.29, 1.82) is 0 Å². The van der Waals surface area contributed by atoms with E-state index in [9.17, 15) is 14.4 Å². The molecule has 5 nitrogen and oxygen atoms in total. The first kappa shape index (κ1) is 12.3. The lowest BCUT2D eigenvalue weighted by atomic mass is 10.0. The first-order chi connectivity index (χ1) is 8.54. The molecule has 0 spiro atoms. The Morgan fingerprint density at radius 3 is 2.83 bits per heavy atom. The molecule has 1 aromatic carbocycles. The minimum atomic E-state index is -0.317. The third-order valence-electron chi connectivity index (χ3n) is 2.69. The topological polar surface area (TPSA) is 75.3 Å². The number of carbonyl (C=O) groups excluding carboxylic acids is 3. The lowest BCUT2D eigenvalue weighted by Crippen LogP contribution is -2.19. The van der Waals surface area contributed by atoms with Gasteiger partial charge in [0.15, 0.2) is 0 Å². The Balaban J connectivity index is 2.09. The van der Waals surface area contributed by atoms with Gasteiger partial charge in [-0.15, -0.1) is 0 Å². The summed E-state index contributed by atoms with van der Waals surface area (Å²) in [6.45, 7) is 1.38. The van der Waals surface area contributed by atoms with Crippen LogP contribution < -0.4 is 10.6 Å². The molecule has 0 unspecified atom stereocenters. The molecule has 2 amide bonds. The molecule has 1 heterocycles. The van der Waals surface area contributed by atoms with E-state index in [-0.39, 0.29) is 24.0 Å². The summed E-state index contributed by atoms with van der Waals surface area (Å²) in [7, 11) is 0. The van der Waals surface area contributed by atoms with E-state index < -0.39 is 0 Å². The summed E-state index contributed by atoms with van der Waals surface area (Å²) in [5.74, 6) is -0.476. The molecule has 5 heteroatoms. The van der Waals surface area contributed by atoms with E-state index in [1.807, 2.05) is 6.07 Å². The van der Waals surface area contributed by atoms with Gasteiger partial charge in [0.2, 0.25) is 11.8 Å². The molecule has 2 N–H and O–H groups in total. The highest BCUT2D eigenvalue weighted by Gasteiger charge is 2.15. The second-order valence-corrected chi connectivity index (χ2v) is 4.35. The Labute approximate surface area is 105 Å². The van der Waals surface area contributed by atoms with Crippen molar-refractivity contribution < 1.29 is 14.4 Å². The van der Waals surface area contributed by atoms with Crippen molar-refractivity contribution in [2.24, 2.45) is 0 Å². The minimum absolute atomic E-state index is 0.0101. The number of benzene rings is 1. The zero-order chi connectivity index (χ0) is 13.1. The molecule has 0 saturated carbocycles. The van der Waals surface area contributed by atoms with Gasteiger partial charge in [-0.1, -0.05) is 0 Å². The number of Topliss-reactive ketones (excluding diaryl/α,β-unsaturated/α-hetero) is 1. The number of anilines is 2. The maximum Gasteiger partial charge on any atom is 0.231 e. The SMILES string of the molecule is CC(=O)CC(=O)Nc1ccc2c(c1)CCC(=O)N2. The summed E-state index contributed by atoms with van der Waals surface area (Å²) in [5.41, 5.74) is 2.43. The molecule has 0 saturated heterocycles. The minimum Gasteiger partial charge on any atom is -0.326 e. The molecule has 0 radical (unpaired) electrons. The fraction of sp³-hybridized carbons (Fsp3) is 0.308. The van der Waals surface area contributed by atoms with Gasteiger partial charge in [-0.3, -0.25) is 14.4 Å². The van der Waals surface area contributed by atoms with Crippen molar-refractivity contribution in [1.82, 2.24) is 0 Å². The molecule has 0 aliphatic carbocycles. The third-order valence-corrected chi connectivity index (χ3v) is 2.69. The number of hydrogen-bond acceptors (Lipinski definition) is 3. The Kier molecular flexibility index (Phi) is 3.41. The van der Waals surface area contributed by atoms with Crippen LogP contribution in [-0.2, 0) is 20.8 Å². The van der Waals surface area contributed by atoms with Crippen molar-refractivity contribution in [3.63, 3.8) is 0 Å². The number of ketones is 1. The Hall–Kier alpha value is -2.17. The van der Waals surface area contributed by atoms with Gasteiger partial charge in [-0.25, -0.2) is 0 Å². The molecule has 1 aliphatic rings. The van der Waals surface area contributed by atoms with Gasteiger partial charge >= 0.3 is 0 Å². The maximum absolute atomic E-state index is 11.4. The first-order valence-electron chi connectivity index (χ1n) is 5.76. The predicted molar refractivity (Wildman–Crippen MR) is 67.3 cm³/mol. The van der Waals surface area contributed by atoms with Crippen molar-refractivity contribution >= 4 is 29.0 Å². The van der Waals surface area contributed by atoms with Crippen molar-refractivity contribution in [2.45, 2.75) is 26.2 Å². The van der Waals surface area contributed by atoms with Crippen molar-refractivity contribution in [3.8, 4) is 0 Å². The molecule has 1 aliphatic heterocycles. The summed E-state index contributed by atoms with van der Waals surface area (Å²) in [6.07, 6.45) is 1.00. The third kappa shape index (κ3) is 2.94. The van der Waals surface area contributed by atoms with Crippen LogP contribution in [0.2, 0.25) is 0 Å². The van der Waals surface area contributed by atoms with E-state index in [1.165, 1.54) is 6.92 Å². The largest absolute Gasteiger partial charge is 0.326 e. The first-order valence-corrected chi connectivity index (χ1v) is 5.76. The maximum atomic E-state index is 11.4. The summed E-state index contributed by atoms with van der Waals surface area (Å²) >= 11 is 0. The fourth-order valence-corrected chi connectivity index (χ4v) is 1.89. The number of nitrogens with one attached hydrogen (secondary N) is 2. The monoisotopic (exact) mass is 246 g/mol. The van der Waals surface area contributed by atoms with Gasteiger partial charge in [0.05, 0.1) is 6.42 Å². The standard InChI is InChI=1S/C13H14N2O3/c1-8(16)6-13(18)14-10-3-4-11-9(7-10)2-5-12(17)15-11/h3-4,7H,2,5-6H2,1H3,(H,14,18)(H,15,17). The Bertz CT molecular complexity index is 523. The zero-order valence-corrected chi connectivity index (χ0v) is 10.1. The molecule has 2 rings (SSSR count). The van der Waals surface area contributed by atoms with Crippen LogP contribution in [0.5, 0.6) is 0 Å². The van der Waals surface area contributed by atoms with Crippen LogP contribution in [0.15, 0.2) is 18.2 Å². The number of aryl methyl sites for hydroxylation is 1. The molecular weight excluding hydrogens is 232 g/mol. The van der Waals surface area contributed by atoms with E-state index in [4.69, 9.17) is 0 Å². The second kappa shape index (κ2) is 5.00. The normalized spacial score (nSPS) is 13.5. The molecule has 0 bridgehead atoms. The van der Waals surface area contributed by atoms with Crippen LogP contribution in [0.3, 0.4) is 0 Å². The summed E-state index contributed by atoms with van der Waals surface area (Å²) in [5, 5.41) is 5.43. The predicted octanol–water partition coefficient (Wildman–Crippen LogP) is 1.49. The fourth-order valence-electron chi connectivity index (χ4n) is 1.89.